The van der Waals surface area contributed by atoms with Crippen molar-refractivity contribution in [2.45, 2.75) is 0 Å². The molecule has 0 atom stereocenters. The van der Waals surface area contributed by atoms with Gasteiger partial charge < -0.3 is 24.3 Å². The highest BCUT2D eigenvalue weighted by Gasteiger charge is 2.20. The molecule has 0 aliphatic heterocycles. The van der Waals surface area contributed by atoms with Crippen LogP contribution in [0, 0.1) is 0 Å². The van der Waals surface area contributed by atoms with Crippen LogP contribution in [-0.2, 0) is 9.53 Å². The average molecular weight is 395 g/mol. The summed E-state index contributed by atoms with van der Waals surface area (Å²) in [6.07, 6.45) is 0. The van der Waals surface area contributed by atoms with E-state index in [1.165, 1.54) is 33.5 Å². The van der Waals surface area contributed by atoms with Crippen molar-refractivity contribution in [1.29, 1.82) is 0 Å². The van der Waals surface area contributed by atoms with Gasteiger partial charge in [-0.1, -0.05) is 30.3 Å². The highest BCUT2D eigenvalue weighted by molar-refractivity contribution is 5.98. The minimum Gasteiger partial charge on any atom is -0.496 e. The lowest BCUT2D eigenvalue weighted by atomic mass is 10.1. The number of fused-ring (bicyclic) bond motifs is 1. The van der Waals surface area contributed by atoms with Crippen LogP contribution in [0.1, 0.15) is 10.4 Å². The van der Waals surface area contributed by atoms with Crippen LogP contribution in [-0.4, -0.2) is 39.8 Å². The Bertz CT molecular complexity index is 1050. The molecule has 0 aliphatic carbocycles. The van der Waals surface area contributed by atoms with Crippen molar-refractivity contribution in [3.63, 3.8) is 0 Å². The number of amides is 1. The van der Waals surface area contributed by atoms with Crippen LogP contribution in [0.5, 0.6) is 17.2 Å². The zero-order valence-corrected chi connectivity index (χ0v) is 16.4. The number of carbonyl (C=O) groups excluding carboxylic acids is 2. The minimum absolute atomic E-state index is 0.128. The molecule has 0 heterocycles. The molecule has 29 heavy (non-hydrogen) atoms. The van der Waals surface area contributed by atoms with E-state index in [2.05, 4.69) is 5.32 Å². The Morgan fingerprint density at radius 1 is 0.793 bits per heavy atom. The van der Waals surface area contributed by atoms with Crippen LogP contribution < -0.4 is 19.5 Å². The quantitative estimate of drug-likeness (QED) is 0.615. The number of hydrogen-bond donors (Lipinski definition) is 1. The highest BCUT2D eigenvalue weighted by Crippen LogP contribution is 2.34. The Labute approximate surface area is 168 Å². The first kappa shape index (κ1) is 20.0. The lowest BCUT2D eigenvalue weighted by Gasteiger charge is -2.13. The molecule has 0 saturated carbocycles. The first-order chi connectivity index (χ1) is 14.0. The molecule has 0 spiro atoms. The van der Waals surface area contributed by atoms with Gasteiger partial charge in [-0.25, -0.2) is 4.79 Å². The maximum atomic E-state index is 12.4. The van der Waals surface area contributed by atoms with Crippen molar-refractivity contribution in [2.75, 3.05) is 33.3 Å². The largest absolute Gasteiger partial charge is 0.496 e. The van der Waals surface area contributed by atoms with Crippen molar-refractivity contribution in [1.82, 2.24) is 0 Å². The molecule has 0 aromatic heterocycles. The number of carbonyl (C=O) groups is 2. The molecule has 7 nitrogen and oxygen atoms in total. The number of hydrogen-bond acceptors (Lipinski definition) is 6. The molecule has 0 unspecified atom stereocenters. The summed E-state index contributed by atoms with van der Waals surface area (Å²) in [6, 6.07) is 16.3. The third-order valence-corrected chi connectivity index (χ3v) is 4.29. The van der Waals surface area contributed by atoms with Crippen molar-refractivity contribution in [2.24, 2.45) is 0 Å². The summed E-state index contributed by atoms with van der Waals surface area (Å²) in [5.41, 5.74) is 0.747. The zero-order chi connectivity index (χ0) is 20.8. The number of ether oxygens (including phenoxy) is 4. The lowest BCUT2D eigenvalue weighted by molar-refractivity contribution is -0.119. The third-order valence-electron chi connectivity index (χ3n) is 4.29. The van der Waals surface area contributed by atoms with Crippen LogP contribution in [0.3, 0.4) is 0 Å². The van der Waals surface area contributed by atoms with Crippen LogP contribution in [0.15, 0.2) is 54.6 Å². The van der Waals surface area contributed by atoms with Gasteiger partial charge in [0.1, 0.15) is 11.3 Å². The van der Waals surface area contributed by atoms with Crippen molar-refractivity contribution in [3.05, 3.63) is 60.2 Å². The van der Waals surface area contributed by atoms with Gasteiger partial charge in [0.2, 0.25) is 0 Å². The Kier molecular flexibility index (Phi) is 6.19. The molecule has 1 amide bonds. The molecule has 150 valence electrons. The second kappa shape index (κ2) is 8.97. The molecule has 0 bridgehead atoms. The Hall–Kier alpha value is -3.74. The maximum Gasteiger partial charge on any atom is 0.342 e. The van der Waals surface area contributed by atoms with Gasteiger partial charge in [-0.2, -0.15) is 0 Å². The van der Waals surface area contributed by atoms with Gasteiger partial charge >= 0.3 is 5.97 Å². The molecule has 3 rings (SSSR count). The topological polar surface area (TPSA) is 83.1 Å². The summed E-state index contributed by atoms with van der Waals surface area (Å²) in [6.45, 7) is -0.441. The van der Waals surface area contributed by atoms with Gasteiger partial charge in [0.15, 0.2) is 18.1 Å². The predicted molar refractivity (Wildman–Crippen MR) is 109 cm³/mol. The van der Waals surface area contributed by atoms with Gasteiger partial charge in [-0.3, -0.25) is 4.79 Å². The number of methoxy groups -OCH3 is 3. The number of benzene rings is 3. The SMILES string of the molecule is COc1cc(OC)c(C(=O)OCC(=O)Nc2ccc3ccccc3c2)cc1OC. The summed E-state index contributed by atoms with van der Waals surface area (Å²) >= 11 is 0. The van der Waals surface area contributed by atoms with Crippen LogP contribution in [0.4, 0.5) is 5.69 Å². The second-order valence-electron chi connectivity index (χ2n) is 6.09. The smallest absolute Gasteiger partial charge is 0.342 e. The first-order valence-corrected chi connectivity index (χ1v) is 8.81. The Morgan fingerprint density at radius 2 is 1.45 bits per heavy atom. The minimum atomic E-state index is -0.712. The van der Waals surface area contributed by atoms with E-state index in [0.29, 0.717) is 17.2 Å². The van der Waals surface area contributed by atoms with Crippen molar-refractivity contribution >= 4 is 28.3 Å². The number of nitrogens with one attached hydrogen (secondary N) is 1. The molecule has 0 fully saturated rings. The standard InChI is InChI=1S/C22H21NO6/c1-26-18-12-20(28-3)19(27-2)11-17(18)22(25)29-13-21(24)23-16-9-8-14-6-4-5-7-15(14)10-16/h4-12H,13H2,1-3H3,(H,23,24). The van der Waals surface area contributed by atoms with E-state index in [1.807, 2.05) is 36.4 Å². The van der Waals surface area contributed by atoms with Crippen molar-refractivity contribution < 1.29 is 28.5 Å². The summed E-state index contributed by atoms with van der Waals surface area (Å²) in [5.74, 6) is -0.150. The lowest BCUT2D eigenvalue weighted by Crippen LogP contribution is -2.21. The fourth-order valence-electron chi connectivity index (χ4n) is 2.86. The van der Waals surface area contributed by atoms with Gasteiger partial charge in [-0.05, 0) is 22.9 Å². The fraction of sp³-hybridized carbons (Fsp3) is 0.182. The molecule has 3 aromatic rings. The molecule has 0 radical (unpaired) electrons. The van der Waals surface area contributed by atoms with Gasteiger partial charge in [0, 0.05) is 17.8 Å². The fourth-order valence-corrected chi connectivity index (χ4v) is 2.86. The number of rotatable bonds is 7. The zero-order valence-electron chi connectivity index (χ0n) is 16.4. The second-order valence-corrected chi connectivity index (χ2v) is 6.09. The number of esters is 1. The van der Waals surface area contributed by atoms with Crippen LogP contribution >= 0.6 is 0 Å². The van der Waals surface area contributed by atoms with E-state index < -0.39 is 18.5 Å². The van der Waals surface area contributed by atoms with Gasteiger partial charge in [0.05, 0.1) is 21.3 Å². The maximum absolute atomic E-state index is 12.4. The molecular weight excluding hydrogens is 374 g/mol. The summed E-state index contributed by atoms with van der Waals surface area (Å²) in [4.78, 5) is 24.6. The van der Waals surface area contributed by atoms with E-state index in [0.717, 1.165) is 10.8 Å². The van der Waals surface area contributed by atoms with E-state index in [9.17, 15) is 9.59 Å². The average Bonchev–Trinajstić information content (AvgIpc) is 2.76. The third kappa shape index (κ3) is 4.57. The van der Waals surface area contributed by atoms with E-state index in [1.54, 1.807) is 6.07 Å². The first-order valence-electron chi connectivity index (χ1n) is 8.81. The van der Waals surface area contributed by atoms with E-state index in [4.69, 9.17) is 18.9 Å². The highest BCUT2D eigenvalue weighted by atomic mass is 16.5. The van der Waals surface area contributed by atoms with E-state index in [-0.39, 0.29) is 11.3 Å². The predicted octanol–water partition coefficient (Wildman–Crippen LogP) is 3.66. The molecule has 1 N–H and O–H groups in total. The van der Waals surface area contributed by atoms with Crippen LogP contribution in [0.25, 0.3) is 10.8 Å². The summed E-state index contributed by atoms with van der Waals surface area (Å²) in [7, 11) is 4.35. The molecule has 3 aromatic carbocycles. The van der Waals surface area contributed by atoms with Gasteiger partial charge in [0.25, 0.3) is 5.91 Å². The summed E-state index contributed by atoms with van der Waals surface area (Å²) in [5, 5.41) is 4.78. The molecular formula is C22H21NO6. The Balaban J connectivity index is 1.67. The van der Waals surface area contributed by atoms with E-state index >= 15 is 0 Å². The van der Waals surface area contributed by atoms with Crippen molar-refractivity contribution in [3.8, 4) is 17.2 Å². The molecule has 0 saturated heterocycles. The molecule has 0 aliphatic rings. The van der Waals surface area contributed by atoms with Gasteiger partial charge in [-0.15, -0.1) is 0 Å². The Morgan fingerprint density at radius 3 is 2.14 bits per heavy atom. The summed E-state index contributed by atoms with van der Waals surface area (Å²) < 4.78 is 20.7. The molecule has 7 heteroatoms. The normalized spacial score (nSPS) is 10.3. The number of anilines is 1. The monoisotopic (exact) mass is 395 g/mol. The van der Waals surface area contributed by atoms with Crippen LogP contribution in [0.2, 0.25) is 0 Å².